The summed E-state index contributed by atoms with van der Waals surface area (Å²) in [6, 6.07) is 0. The number of carbonyl (C=O) groups excluding carboxylic acids is 1. The number of aryl methyl sites for hydroxylation is 1. The maximum Gasteiger partial charge on any atom is 0.130 e. The number of nitrogens with zero attached hydrogens (tertiary/aromatic N) is 1. The number of H-pyrrole nitrogens is 1. The molecule has 1 rings (SSSR count). The van der Waals surface area contributed by atoms with E-state index in [-0.39, 0.29) is 11.2 Å². The van der Waals surface area contributed by atoms with Crippen molar-refractivity contribution in [2.24, 2.45) is 0 Å². The van der Waals surface area contributed by atoms with Gasteiger partial charge in [-0.15, -0.1) is 0 Å². The van der Waals surface area contributed by atoms with E-state index in [1.165, 1.54) is 0 Å². The quantitative estimate of drug-likeness (QED) is 0.802. The molecule has 1 N–H and O–H groups in total. The van der Waals surface area contributed by atoms with Crippen LogP contribution < -0.4 is 0 Å². The molecule has 0 radical (unpaired) electrons. The van der Waals surface area contributed by atoms with E-state index in [0.29, 0.717) is 6.42 Å². The number of Topliss-reactive ketones (excluding diaryl/α,β-unsaturated/α-hetero) is 1. The molecular weight excluding hydrogens is 176 g/mol. The third-order valence-electron chi connectivity index (χ3n) is 2.21. The van der Waals surface area contributed by atoms with Crippen molar-refractivity contribution in [3.8, 4) is 0 Å². The van der Waals surface area contributed by atoms with Crippen molar-refractivity contribution < 1.29 is 4.79 Å². The molecular formula is C11H18N2O. The summed E-state index contributed by atoms with van der Waals surface area (Å²) in [6.45, 7) is 8.03. The predicted octanol–water partition coefficient (Wildman–Crippen LogP) is 2.23. The van der Waals surface area contributed by atoms with Gasteiger partial charge in [0.25, 0.3) is 0 Å². The molecule has 14 heavy (non-hydrogen) atoms. The highest BCUT2D eigenvalue weighted by Crippen LogP contribution is 2.24. The van der Waals surface area contributed by atoms with Crippen molar-refractivity contribution in [3.63, 3.8) is 0 Å². The zero-order valence-electron chi connectivity index (χ0n) is 9.35. The molecule has 0 amide bonds. The topological polar surface area (TPSA) is 45.8 Å². The van der Waals surface area contributed by atoms with Gasteiger partial charge in [-0.1, -0.05) is 20.8 Å². The highest BCUT2D eigenvalue weighted by atomic mass is 16.1. The maximum absolute atomic E-state index is 10.9. The van der Waals surface area contributed by atoms with Gasteiger partial charge in [-0.2, -0.15) is 5.10 Å². The highest BCUT2D eigenvalue weighted by molar-refractivity contribution is 5.75. The van der Waals surface area contributed by atoms with Crippen molar-refractivity contribution in [1.82, 2.24) is 10.2 Å². The number of nitrogens with one attached hydrogen (secondary N) is 1. The highest BCUT2D eigenvalue weighted by Gasteiger charge is 2.19. The number of carbonyl (C=O) groups is 1. The fourth-order valence-corrected chi connectivity index (χ4v) is 1.46. The van der Waals surface area contributed by atoms with Gasteiger partial charge in [0.2, 0.25) is 0 Å². The SMILES string of the molecule is CC(=O)CCc1cn[nH]c1C(C)(C)C. The Bertz CT molecular complexity index is 320. The van der Waals surface area contributed by atoms with Gasteiger partial charge >= 0.3 is 0 Å². The predicted molar refractivity (Wildman–Crippen MR) is 56.3 cm³/mol. The minimum absolute atomic E-state index is 0.0720. The molecule has 0 spiro atoms. The first kappa shape index (κ1) is 11.0. The first-order chi connectivity index (χ1) is 6.41. The summed E-state index contributed by atoms with van der Waals surface area (Å²) < 4.78 is 0. The molecule has 0 aromatic carbocycles. The van der Waals surface area contributed by atoms with Crippen molar-refractivity contribution in [1.29, 1.82) is 0 Å². The molecule has 0 saturated carbocycles. The summed E-state index contributed by atoms with van der Waals surface area (Å²) >= 11 is 0. The number of hydrogen-bond acceptors (Lipinski definition) is 2. The summed E-state index contributed by atoms with van der Waals surface area (Å²) in [7, 11) is 0. The van der Waals surface area contributed by atoms with Crippen LogP contribution in [0.3, 0.4) is 0 Å². The molecule has 1 aromatic rings. The fourth-order valence-electron chi connectivity index (χ4n) is 1.46. The van der Waals surface area contributed by atoms with Gasteiger partial charge < -0.3 is 4.79 Å². The smallest absolute Gasteiger partial charge is 0.130 e. The van der Waals surface area contributed by atoms with Gasteiger partial charge in [0.1, 0.15) is 5.78 Å². The lowest BCUT2D eigenvalue weighted by molar-refractivity contribution is -0.116. The Hall–Kier alpha value is -1.12. The second-order valence-electron chi connectivity index (χ2n) is 4.72. The van der Waals surface area contributed by atoms with E-state index in [0.717, 1.165) is 17.7 Å². The molecule has 3 heteroatoms. The van der Waals surface area contributed by atoms with Crippen LogP contribution in [0.25, 0.3) is 0 Å². The van der Waals surface area contributed by atoms with Crippen LogP contribution in [0.1, 0.15) is 45.4 Å². The number of rotatable bonds is 3. The molecule has 0 aliphatic heterocycles. The minimum Gasteiger partial charge on any atom is -0.300 e. The minimum atomic E-state index is 0.0720. The molecule has 0 atom stereocenters. The number of hydrogen-bond donors (Lipinski definition) is 1. The molecule has 0 fully saturated rings. The number of ketones is 1. The van der Waals surface area contributed by atoms with E-state index in [1.807, 2.05) is 6.20 Å². The fraction of sp³-hybridized carbons (Fsp3) is 0.636. The average molecular weight is 194 g/mol. The standard InChI is InChI=1S/C11H18N2O/c1-8(14)5-6-9-7-12-13-10(9)11(2,3)4/h7H,5-6H2,1-4H3,(H,12,13). The van der Waals surface area contributed by atoms with E-state index >= 15 is 0 Å². The van der Waals surface area contributed by atoms with Gasteiger partial charge in [-0.05, 0) is 18.9 Å². The van der Waals surface area contributed by atoms with Crippen LogP contribution in [0, 0.1) is 0 Å². The van der Waals surface area contributed by atoms with E-state index in [2.05, 4.69) is 31.0 Å². The second kappa shape index (κ2) is 3.95. The van der Waals surface area contributed by atoms with Crippen LogP contribution in [0.15, 0.2) is 6.20 Å². The van der Waals surface area contributed by atoms with Gasteiger partial charge in [-0.3, -0.25) is 5.10 Å². The van der Waals surface area contributed by atoms with Gasteiger partial charge in [0.15, 0.2) is 0 Å². The van der Waals surface area contributed by atoms with Gasteiger partial charge in [-0.25, -0.2) is 0 Å². The first-order valence-electron chi connectivity index (χ1n) is 4.93. The molecule has 3 nitrogen and oxygen atoms in total. The van der Waals surface area contributed by atoms with Crippen LogP contribution in [0.2, 0.25) is 0 Å². The first-order valence-corrected chi connectivity index (χ1v) is 4.93. The van der Waals surface area contributed by atoms with E-state index in [9.17, 15) is 4.79 Å². The molecule has 0 bridgehead atoms. The molecule has 0 aliphatic rings. The lowest BCUT2D eigenvalue weighted by atomic mass is 9.88. The summed E-state index contributed by atoms with van der Waals surface area (Å²) in [5.74, 6) is 0.228. The number of aromatic nitrogens is 2. The van der Waals surface area contributed by atoms with Crippen LogP contribution in [0.4, 0.5) is 0 Å². The third kappa shape index (κ3) is 2.69. The summed E-state index contributed by atoms with van der Waals surface area (Å²) in [4.78, 5) is 10.9. The van der Waals surface area contributed by atoms with Gasteiger partial charge in [0, 0.05) is 17.5 Å². The van der Waals surface area contributed by atoms with Gasteiger partial charge in [0.05, 0.1) is 6.20 Å². The Morgan fingerprint density at radius 2 is 2.14 bits per heavy atom. The summed E-state index contributed by atoms with van der Waals surface area (Å²) in [5, 5.41) is 7.04. The largest absolute Gasteiger partial charge is 0.300 e. The monoisotopic (exact) mass is 194 g/mol. The molecule has 1 aromatic heterocycles. The zero-order chi connectivity index (χ0) is 10.8. The average Bonchev–Trinajstić information content (AvgIpc) is 2.46. The maximum atomic E-state index is 10.9. The second-order valence-corrected chi connectivity index (χ2v) is 4.72. The third-order valence-corrected chi connectivity index (χ3v) is 2.21. The molecule has 1 heterocycles. The lowest BCUT2D eigenvalue weighted by Crippen LogP contribution is -2.14. The van der Waals surface area contributed by atoms with Crippen LogP contribution in [-0.2, 0) is 16.6 Å². The molecule has 78 valence electrons. The molecule has 0 unspecified atom stereocenters. The zero-order valence-corrected chi connectivity index (χ0v) is 9.35. The lowest BCUT2D eigenvalue weighted by Gasteiger charge is -2.18. The van der Waals surface area contributed by atoms with Crippen LogP contribution in [-0.4, -0.2) is 16.0 Å². The van der Waals surface area contributed by atoms with Crippen molar-refractivity contribution in [2.75, 3.05) is 0 Å². The molecule has 0 aliphatic carbocycles. The van der Waals surface area contributed by atoms with Crippen LogP contribution in [0.5, 0.6) is 0 Å². The Morgan fingerprint density at radius 1 is 1.50 bits per heavy atom. The molecule has 0 saturated heterocycles. The van der Waals surface area contributed by atoms with E-state index < -0.39 is 0 Å². The number of aromatic amines is 1. The van der Waals surface area contributed by atoms with Crippen molar-refractivity contribution in [3.05, 3.63) is 17.5 Å². The Kier molecular flexibility index (Phi) is 3.09. The van der Waals surface area contributed by atoms with Crippen molar-refractivity contribution >= 4 is 5.78 Å². The summed E-state index contributed by atoms with van der Waals surface area (Å²) in [6.07, 6.45) is 3.21. The Morgan fingerprint density at radius 3 is 2.64 bits per heavy atom. The van der Waals surface area contributed by atoms with Crippen LogP contribution >= 0.6 is 0 Å². The Balaban J connectivity index is 2.78. The Labute approximate surface area is 84.9 Å². The van der Waals surface area contributed by atoms with E-state index in [4.69, 9.17) is 0 Å². The van der Waals surface area contributed by atoms with E-state index in [1.54, 1.807) is 6.92 Å². The van der Waals surface area contributed by atoms with Crippen molar-refractivity contribution in [2.45, 2.75) is 46.0 Å². The summed E-state index contributed by atoms with van der Waals surface area (Å²) in [5.41, 5.74) is 2.37. The normalized spacial score (nSPS) is 11.7.